The second kappa shape index (κ2) is 6.35. The largest absolute Gasteiger partial charge is 0.329 e. The van der Waals surface area contributed by atoms with Gasteiger partial charge in [-0.1, -0.05) is 13.0 Å². The van der Waals surface area contributed by atoms with Crippen LogP contribution in [0.5, 0.6) is 0 Å². The Morgan fingerprint density at radius 1 is 1.45 bits per heavy atom. The van der Waals surface area contributed by atoms with Crippen molar-refractivity contribution in [1.29, 1.82) is 0 Å². The Bertz CT molecular complexity index is 495. The van der Waals surface area contributed by atoms with Gasteiger partial charge >= 0.3 is 0 Å². The zero-order valence-corrected chi connectivity index (χ0v) is 13.4. The summed E-state index contributed by atoms with van der Waals surface area (Å²) in [6.07, 6.45) is 4.23. The van der Waals surface area contributed by atoms with Crippen LogP contribution in [-0.2, 0) is 11.2 Å². The number of carbonyl (C=O) groups is 1. The molecule has 1 saturated carbocycles. The minimum atomic E-state index is -0.368. The van der Waals surface area contributed by atoms with Crippen LogP contribution in [0, 0.1) is 17.2 Å². The first-order valence-electron chi connectivity index (χ1n) is 7.14. The second-order valence-electron chi connectivity index (χ2n) is 6.02. The van der Waals surface area contributed by atoms with Crippen LogP contribution in [0.2, 0.25) is 0 Å². The average Bonchev–Trinajstić information content (AvgIpc) is 2.44. The summed E-state index contributed by atoms with van der Waals surface area (Å²) in [5.41, 5.74) is 6.38. The highest BCUT2D eigenvalue weighted by molar-refractivity contribution is 9.10. The van der Waals surface area contributed by atoms with Gasteiger partial charge in [0.25, 0.3) is 0 Å². The molecule has 0 radical (unpaired) electrons. The van der Waals surface area contributed by atoms with E-state index in [-0.39, 0.29) is 17.0 Å². The molecule has 2 N–H and O–H groups in total. The molecule has 2 rings (SSSR count). The van der Waals surface area contributed by atoms with Crippen LogP contribution in [0.25, 0.3) is 0 Å². The van der Waals surface area contributed by atoms with E-state index in [1.54, 1.807) is 12.1 Å². The monoisotopic (exact) mass is 341 g/mol. The van der Waals surface area contributed by atoms with E-state index in [9.17, 15) is 9.18 Å². The van der Waals surface area contributed by atoms with Crippen molar-refractivity contribution in [3.05, 3.63) is 34.1 Å². The summed E-state index contributed by atoms with van der Waals surface area (Å²) in [5, 5.41) is 0. The van der Waals surface area contributed by atoms with Gasteiger partial charge in [0.05, 0.1) is 4.47 Å². The van der Waals surface area contributed by atoms with Crippen molar-refractivity contribution in [2.45, 2.75) is 39.0 Å². The summed E-state index contributed by atoms with van der Waals surface area (Å²) < 4.78 is 13.6. The number of carbonyl (C=O) groups excluding carboxylic acids is 1. The van der Waals surface area contributed by atoms with E-state index in [1.165, 1.54) is 6.07 Å². The molecule has 0 heterocycles. The molecule has 0 amide bonds. The molecule has 1 aliphatic rings. The highest BCUT2D eigenvalue weighted by Gasteiger charge is 2.39. The quantitative estimate of drug-likeness (QED) is 0.903. The lowest BCUT2D eigenvalue weighted by Gasteiger charge is -2.37. The molecule has 0 unspecified atom stereocenters. The summed E-state index contributed by atoms with van der Waals surface area (Å²) >= 11 is 3.16. The molecule has 0 aliphatic heterocycles. The second-order valence-corrected chi connectivity index (χ2v) is 6.87. The first kappa shape index (κ1) is 15.6. The van der Waals surface area contributed by atoms with Crippen molar-refractivity contribution < 1.29 is 9.18 Å². The Morgan fingerprint density at radius 3 is 2.65 bits per heavy atom. The van der Waals surface area contributed by atoms with Gasteiger partial charge in [0.2, 0.25) is 0 Å². The standard InChI is InChI=1S/C16H21BrFNO/c1-11-4-6-16(10-19,7-5-11)15(20)9-12-2-3-14(18)13(17)8-12/h2-3,8,11H,4-7,9-10,19H2,1H3. The lowest BCUT2D eigenvalue weighted by molar-refractivity contribution is -0.129. The maximum Gasteiger partial charge on any atom is 0.144 e. The SMILES string of the molecule is CC1CCC(CN)(C(=O)Cc2ccc(F)c(Br)c2)CC1. The van der Waals surface area contributed by atoms with Crippen molar-refractivity contribution in [2.24, 2.45) is 17.1 Å². The third-order valence-electron chi connectivity index (χ3n) is 4.56. The van der Waals surface area contributed by atoms with Crippen LogP contribution in [-0.4, -0.2) is 12.3 Å². The number of rotatable bonds is 4. The molecule has 20 heavy (non-hydrogen) atoms. The van der Waals surface area contributed by atoms with Crippen LogP contribution in [0.1, 0.15) is 38.2 Å². The molecule has 0 bridgehead atoms. The van der Waals surface area contributed by atoms with Gasteiger partial charge in [0.1, 0.15) is 11.6 Å². The van der Waals surface area contributed by atoms with Gasteiger partial charge in [-0.05, 0) is 65.2 Å². The van der Waals surface area contributed by atoms with Gasteiger partial charge in [-0.25, -0.2) is 4.39 Å². The first-order chi connectivity index (χ1) is 9.47. The van der Waals surface area contributed by atoms with Crippen LogP contribution >= 0.6 is 15.9 Å². The zero-order valence-electron chi connectivity index (χ0n) is 11.8. The molecular formula is C16H21BrFNO. The molecule has 0 aromatic heterocycles. The topological polar surface area (TPSA) is 43.1 Å². The first-order valence-corrected chi connectivity index (χ1v) is 7.93. The smallest absolute Gasteiger partial charge is 0.144 e. The van der Waals surface area contributed by atoms with E-state index in [0.29, 0.717) is 23.4 Å². The van der Waals surface area contributed by atoms with E-state index >= 15 is 0 Å². The van der Waals surface area contributed by atoms with E-state index < -0.39 is 0 Å². The van der Waals surface area contributed by atoms with Crippen molar-refractivity contribution in [3.8, 4) is 0 Å². The molecule has 2 nitrogen and oxygen atoms in total. The molecular weight excluding hydrogens is 321 g/mol. The van der Waals surface area contributed by atoms with Gasteiger partial charge in [0.15, 0.2) is 0 Å². The van der Waals surface area contributed by atoms with Crippen molar-refractivity contribution in [3.63, 3.8) is 0 Å². The molecule has 1 aromatic rings. The highest BCUT2D eigenvalue weighted by Crippen LogP contribution is 2.39. The zero-order chi connectivity index (χ0) is 14.8. The van der Waals surface area contributed by atoms with E-state index in [2.05, 4.69) is 22.9 Å². The maximum absolute atomic E-state index is 13.2. The van der Waals surface area contributed by atoms with E-state index in [4.69, 9.17) is 5.73 Å². The van der Waals surface area contributed by atoms with Crippen molar-refractivity contribution >= 4 is 21.7 Å². The summed E-state index contributed by atoms with van der Waals surface area (Å²) in [6.45, 7) is 2.64. The van der Waals surface area contributed by atoms with Gasteiger partial charge in [-0.3, -0.25) is 4.79 Å². The Labute approximate surface area is 128 Å². The summed E-state index contributed by atoms with van der Waals surface area (Å²) in [7, 11) is 0. The number of ketones is 1. The highest BCUT2D eigenvalue weighted by atomic mass is 79.9. The fraction of sp³-hybridized carbons (Fsp3) is 0.562. The molecule has 0 atom stereocenters. The lowest BCUT2D eigenvalue weighted by Crippen LogP contribution is -2.42. The molecule has 0 saturated heterocycles. The summed E-state index contributed by atoms with van der Waals surface area (Å²) in [5.74, 6) is 0.578. The average molecular weight is 342 g/mol. The van der Waals surface area contributed by atoms with Crippen molar-refractivity contribution in [1.82, 2.24) is 0 Å². The maximum atomic E-state index is 13.2. The van der Waals surface area contributed by atoms with Crippen LogP contribution in [0.3, 0.4) is 0 Å². The molecule has 4 heteroatoms. The fourth-order valence-electron chi connectivity index (χ4n) is 2.93. The Morgan fingerprint density at radius 2 is 2.10 bits per heavy atom. The molecule has 1 fully saturated rings. The Balaban J connectivity index is 2.11. The lowest BCUT2D eigenvalue weighted by atomic mass is 9.67. The van der Waals surface area contributed by atoms with E-state index in [0.717, 1.165) is 31.2 Å². The van der Waals surface area contributed by atoms with Crippen LogP contribution in [0.15, 0.2) is 22.7 Å². The van der Waals surface area contributed by atoms with Gasteiger partial charge in [0, 0.05) is 18.4 Å². The van der Waals surface area contributed by atoms with Gasteiger partial charge < -0.3 is 5.73 Å². The van der Waals surface area contributed by atoms with E-state index in [1.807, 2.05) is 0 Å². The number of Topliss-reactive ketones (excluding diaryl/α,β-unsaturated/α-hetero) is 1. The van der Waals surface area contributed by atoms with Crippen LogP contribution in [0.4, 0.5) is 4.39 Å². The number of nitrogens with two attached hydrogens (primary N) is 1. The number of halogens is 2. The predicted molar refractivity (Wildman–Crippen MR) is 81.9 cm³/mol. The van der Waals surface area contributed by atoms with Crippen molar-refractivity contribution in [2.75, 3.05) is 6.54 Å². The third kappa shape index (κ3) is 3.29. The summed E-state index contributed by atoms with van der Waals surface area (Å²) in [6, 6.07) is 4.75. The third-order valence-corrected chi connectivity index (χ3v) is 5.17. The summed E-state index contributed by atoms with van der Waals surface area (Å²) in [4.78, 5) is 12.6. The number of hydrogen-bond donors (Lipinski definition) is 1. The Kier molecular flexibility index (Phi) is 4.97. The molecule has 110 valence electrons. The minimum Gasteiger partial charge on any atom is -0.329 e. The molecule has 1 aromatic carbocycles. The number of benzene rings is 1. The van der Waals surface area contributed by atoms with Gasteiger partial charge in [-0.15, -0.1) is 0 Å². The fourth-order valence-corrected chi connectivity index (χ4v) is 3.36. The molecule has 1 aliphatic carbocycles. The minimum absolute atomic E-state index is 0.199. The van der Waals surface area contributed by atoms with Crippen LogP contribution < -0.4 is 5.73 Å². The molecule has 0 spiro atoms. The Hall–Kier alpha value is -0.740. The van der Waals surface area contributed by atoms with Gasteiger partial charge in [-0.2, -0.15) is 0 Å². The predicted octanol–water partition coefficient (Wildman–Crippen LogP) is 3.86. The normalized spacial score (nSPS) is 26.5. The number of hydrogen-bond acceptors (Lipinski definition) is 2.